The number of hydrogen-bond acceptors (Lipinski definition) is 3. The van der Waals surface area contributed by atoms with Crippen molar-refractivity contribution in [3.05, 3.63) is 53.1 Å². The van der Waals surface area contributed by atoms with E-state index in [9.17, 15) is 4.79 Å². The third-order valence-corrected chi connectivity index (χ3v) is 5.13. The molecule has 3 nitrogen and oxygen atoms in total. The van der Waals surface area contributed by atoms with E-state index in [1.165, 1.54) is 4.90 Å². The van der Waals surface area contributed by atoms with Crippen LogP contribution < -0.4 is 11.1 Å². The van der Waals surface area contributed by atoms with Crippen molar-refractivity contribution < 1.29 is 4.79 Å². The van der Waals surface area contributed by atoms with Crippen molar-refractivity contribution >= 4 is 41.5 Å². The van der Waals surface area contributed by atoms with E-state index in [2.05, 4.69) is 31.3 Å². The maximum atomic E-state index is 12.5. The average Bonchev–Trinajstić information content (AvgIpc) is 2.52. The monoisotopic (exact) mass is 364 g/mol. The highest BCUT2D eigenvalue weighted by Gasteiger charge is 2.12. The van der Waals surface area contributed by atoms with E-state index in [0.717, 1.165) is 23.2 Å². The average molecular weight is 365 g/mol. The Bertz CT molecular complexity index is 719. The number of carbonyl (C=O) groups is 1. The molecule has 2 aromatic rings. The van der Waals surface area contributed by atoms with E-state index < -0.39 is 0 Å². The predicted molar refractivity (Wildman–Crippen MR) is 108 cm³/mol. The first kappa shape index (κ1) is 20.4. The van der Waals surface area contributed by atoms with Gasteiger partial charge in [0.1, 0.15) is 0 Å². The molecule has 0 bridgehead atoms. The van der Waals surface area contributed by atoms with E-state index in [1.807, 2.05) is 37.7 Å². The summed E-state index contributed by atoms with van der Waals surface area (Å²) in [7, 11) is 0. The third kappa shape index (κ3) is 5.18. The van der Waals surface area contributed by atoms with Crippen molar-refractivity contribution in [2.45, 2.75) is 44.3 Å². The molecule has 0 saturated heterocycles. The number of nitrogens with two attached hydrogens (primary N) is 1. The van der Waals surface area contributed by atoms with Gasteiger partial charge in [0.05, 0.1) is 0 Å². The largest absolute Gasteiger partial charge is 0.399 e. The summed E-state index contributed by atoms with van der Waals surface area (Å²) in [6.45, 7) is 8.33. The highest BCUT2D eigenvalue weighted by Crippen LogP contribution is 2.28. The van der Waals surface area contributed by atoms with Gasteiger partial charge in [-0.05, 0) is 61.7 Å². The van der Waals surface area contributed by atoms with Crippen LogP contribution in [0.1, 0.15) is 41.8 Å². The van der Waals surface area contributed by atoms with Crippen LogP contribution >= 0.6 is 24.2 Å². The standard InChI is InChI=1S/C19H24N2OS.ClH/c1-5-14(4)23-16-8-9-18(13(3)10-16)21-19(22)17-11-15(20)7-6-12(17)2;/h6-11,14H,5,20H2,1-4H3,(H,21,22);1H. The summed E-state index contributed by atoms with van der Waals surface area (Å²) >= 11 is 1.86. The number of nitrogen functional groups attached to an aromatic ring is 1. The first-order chi connectivity index (χ1) is 10.9. The first-order valence-electron chi connectivity index (χ1n) is 7.85. The predicted octanol–water partition coefficient (Wildman–Crippen LogP) is 5.45. The zero-order valence-corrected chi connectivity index (χ0v) is 16.2. The number of halogens is 1. The molecule has 0 aliphatic carbocycles. The van der Waals surface area contributed by atoms with Gasteiger partial charge in [-0.15, -0.1) is 24.2 Å². The van der Waals surface area contributed by atoms with Crippen LogP contribution in [0.3, 0.4) is 0 Å². The van der Waals surface area contributed by atoms with Crippen LogP contribution in [0.2, 0.25) is 0 Å². The van der Waals surface area contributed by atoms with Gasteiger partial charge in [0, 0.05) is 27.1 Å². The highest BCUT2D eigenvalue weighted by atomic mass is 35.5. The Kier molecular flexibility index (Phi) is 7.64. The molecule has 0 heterocycles. The molecule has 1 amide bonds. The Morgan fingerprint density at radius 2 is 1.88 bits per heavy atom. The second-order valence-electron chi connectivity index (χ2n) is 5.84. The van der Waals surface area contributed by atoms with Crippen molar-refractivity contribution in [1.29, 1.82) is 0 Å². The van der Waals surface area contributed by atoms with E-state index in [4.69, 9.17) is 5.73 Å². The van der Waals surface area contributed by atoms with Gasteiger partial charge in [0.25, 0.3) is 5.91 Å². The molecule has 0 saturated carbocycles. The van der Waals surface area contributed by atoms with Crippen molar-refractivity contribution in [2.24, 2.45) is 0 Å². The Morgan fingerprint density at radius 3 is 2.50 bits per heavy atom. The lowest BCUT2D eigenvalue weighted by molar-refractivity contribution is 0.102. The molecule has 0 fully saturated rings. The molecule has 2 aromatic carbocycles. The molecule has 3 N–H and O–H groups in total. The molecule has 2 rings (SSSR count). The molecule has 1 unspecified atom stereocenters. The number of carbonyl (C=O) groups excluding carboxylic acids is 1. The number of hydrogen-bond donors (Lipinski definition) is 2. The molecule has 5 heteroatoms. The van der Waals surface area contributed by atoms with Gasteiger partial charge in [-0.25, -0.2) is 0 Å². The van der Waals surface area contributed by atoms with Gasteiger partial charge >= 0.3 is 0 Å². The van der Waals surface area contributed by atoms with Gasteiger partial charge in [-0.3, -0.25) is 4.79 Å². The number of nitrogens with one attached hydrogen (secondary N) is 1. The molecule has 0 aromatic heterocycles. The third-order valence-electron chi connectivity index (χ3n) is 3.86. The van der Waals surface area contributed by atoms with Crippen LogP contribution in [0, 0.1) is 13.8 Å². The van der Waals surface area contributed by atoms with Crippen molar-refractivity contribution in [3.8, 4) is 0 Å². The van der Waals surface area contributed by atoms with Gasteiger partial charge in [-0.1, -0.05) is 19.9 Å². The number of benzene rings is 2. The molecule has 0 spiro atoms. The minimum absolute atomic E-state index is 0. The van der Waals surface area contributed by atoms with Crippen LogP contribution in [0.4, 0.5) is 11.4 Å². The van der Waals surface area contributed by atoms with E-state index in [1.54, 1.807) is 12.1 Å². The van der Waals surface area contributed by atoms with E-state index in [0.29, 0.717) is 16.5 Å². The van der Waals surface area contributed by atoms with Crippen LogP contribution in [0.5, 0.6) is 0 Å². The van der Waals surface area contributed by atoms with Gasteiger partial charge in [0.15, 0.2) is 0 Å². The van der Waals surface area contributed by atoms with E-state index >= 15 is 0 Å². The summed E-state index contributed by atoms with van der Waals surface area (Å²) in [4.78, 5) is 13.7. The summed E-state index contributed by atoms with van der Waals surface area (Å²) in [6, 6.07) is 11.5. The Labute approximate surface area is 154 Å². The Balaban J connectivity index is 0.00000288. The van der Waals surface area contributed by atoms with Crippen LogP contribution in [-0.2, 0) is 0 Å². The minimum Gasteiger partial charge on any atom is -0.399 e. The van der Waals surface area contributed by atoms with Crippen LogP contribution in [0.25, 0.3) is 0 Å². The summed E-state index contributed by atoms with van der Waals surface area (Å²) < 4.78 is 0. The topological polar surface area (TPSA) is 55.1 Å². The summed E-state index contributed by atoms with van der Waals surface area (Å²) in [5, 5.41) is 3.57. The smallest absolute Gasteiger partial charge is 0.256 e. The highest BCUT2D eigenvalue weighted by molar-refractivity contribution is 7.99. The molecular weight excluding hydrogens is 340 g/mol. The van der Waals surface area contributed by atoms with Gasteiger partial charge in [-0.2, -0.15) is 0 Å². The summed E-state index contributed by atoms with van der Waals surface area (Å²) in [5.41, 5.74) is 9.81. The molecule has 24 heavy (non-hydrogen) atoms. The Hall–Kier alpha value is -1.65. The quantitative estimate of drug-likeness (QED) is 0.547. The maximum Gasteiger partial charge on any atom is 0.256 e. The molecule has 0 aliphatic heterocycles. The van der Waals surface area contributed by atoms with Gasteiger partial charge < -0.3 is 11.1 Å². The molecular formula is C19H25ClN2OS. The second-order valence-corrected chi connectivity index (χ2v) is 7.35. The lowest BCUT2D eigenvalue weighted by Gasteiger charge is -2.13. The van der Waals surface area contributed by atoms with Crippen molar-refractivity contribution in [2.75, 3.05) is 11.1 Å². The molecule has 1 atom stereocenters. The number of thioether (sulfide) groups is 1. The number of anilines is 2. The Morgan fingerprint density at radius 1 is 1.17 bits per heavy atom. The normalized spacial score (nSPS) is 11.5. The number of rotatable bonds is 5. The number of amides is 1. The molecule has 130 valence electrons. The zero-order chi connectivity index (χ0) is 17.0. The SMILES string of the molecule is CCC(C)Sc1ccc(NC(=O)c2cc(N)ccc2C)c(C)c1.Cl. The number of aryl methyl sites for hydroxylation is 2. The van der Waals surface area contributed by atoms with Crippen molar-refractivity contribution in [3.63, 3.8) is 0 Å². The second kappa shape index (κ2) is 9.00. The summed E-state index contributed by atoms with van der Waals surface area (Å²) in [5.74, 6) is -0.125. The van der Waals surface area contributed by atoms with Crippen molar-refractivity contribution in [1.82, 2.24) is 0 Å². The van der Waals surface area contributed by atoms with Crippen LogP contribution in [0.15, 0.2) is 41.3 Å². The first-order valence-corrected chi connectivity index (χ1v) is 8.73. The maximum absolute atomic E-state index is 12.5. The molecule has 0 radical (unpaired) electrons. The lowest BCUT2D eigenvalue weighted by atomic mass is 10.1. The fraction of sp³-hybridized carbons (Fsp3) is 0.316. The zero-order valence-electron chi connectivity index (χ0n) is 14.6. The van der Waals surface area contributed by atoms with E-state index in [-0.39, 0.29) is 18.3 Å². The lowest BCUT2D eigenvalue weighted by Crippen LogP contribution is -2.14. The fourth-order valence-corrected chi connectivity index (χ4v) is 3.26. The van der Waals surface area contributed by atoms with Crippen LogP contribution in [-0.4, -0.2) is 11.2 Å². The van der Waals surface area contributed by atoms with Gasteiger partial charge in [0.2, 0.25) is 0 Å². The summed E-state index contributed by atoms with van der Waals surface area (Å²) in [6.07, 6.45) is 1.14. The minimum atomic E-state index is -0.125. The fourth-order valence-electron chi connectivity index (χ4n) is 2.24. The molecule has 0 aliphatic rings.